The van der Waals surface area contributed by atoms with Crippen LogP contribution in [0.1, 0.15) is 11.1 Å². The van der Waals surface area contributed by atoms with E-state index in [9.17, 15) is 14.9 Å². The summed E-state index contributed by atoms with van der Waals surface area (Å²) in [5.74, 6) is -0.647. The van der Waals surface area contributed by atoms with Crippen molar-refractivity contribution in [1.82, 2.24) is 0 Å². The molecule has 0 saturated heterocycles. The molecule has 7 heteroatoms. The van der Waals surface area contributed by atoms with Gasteiger partial charge in [0.25, 0.3) is 5.69 Å². The summed E-state index contributed by atoms with van der Waals surface area (Å²) < 4.78 is 4.66. The molecule has 128 valence electrons. The maximum Gasteiger partial charge on any atom is 0.360 e. The van der Waals surface area contributed by atoms with E-state index in [0.29, 0.717) is 5.56 Å². The Morgan fingerprint density at radius 1 is 1.16 bits per heavy atom. The van der Waals surface area contributed by atoms with Gasteiger partial charge < -0.3 is 9.57 Å². The van der Waals surface area contributed by atoms with Crippen LogP contribution in [0.5, 0.6) is 0 Å². The standard InChI is InChI=1S/C18H16N2O5/c1-24-18(21)17(19-25-13-15-5-3-2-4-6-15)12-9-14-7-10-16(11-8-14)20(22)23/h2-12H,13H2,1H3/b12-9+,19-17-. The van der Waals surface area contributed by atoms with E-state index in [0.717, 1.165) is 5.56 Å². The molecule has 0 amide bonds. The molecule has 2 aromatic carbocycles. The summed E-state index contributed by atoms with van der Waals surface area (Å²) in [6.45, 7) is 0.215. The Balaban J connectivity index is 2.07. The van der Waals surface area contributed by atoms with Crippen LogP contribution in [-0.2, 0) is 21.0 Å². The Kier molecular flexibility index (Phi) is 6.41. The largest absolute Gasteiger partial charge is 0.464 e. The van der Waals surface area contributed by atoms with Crippen LogP contribution in [0.15, 0.2) is 65.8 Å². The van der Waals surface area contributed by atoms with Gasteiger partial charge in [-0.15, -0.1) is 0 Å². The van der Waals surface area contributed by atoms with E-state index >= 15 is 0 Å². The first-order chi connectivity index (χ1) is 12.1. The number of rotatable bonds is 7. The van der Waals surface area contributed by atoms with E-state index in [-0.39, 0.29) is 18.0 Å². The van der Waals surface area contributed by atoms with Gasteiger partial charge in [-0.2, -0.15) is 0 Å². The second kappa shape index (κ2) is 8.97. The number of methoxy groups -OCH3 is 1. The van der Waals surface area contributed by atoms with Crippen molar-refractivity contribution in [3.05, 3.63) is 81.9 Å². The molecule has 0 radical (unpaired) electrons. The van der Waals surface area contributed by atoms with Gasteiger partial charge in [0.2, 0.25) is 0 Å². The van der Waals surface area contributed by atoms with E-state index in [1.54, 1.807) is 18.2 Å². The first-order valence-electron chi connectivity index (χ1n) is 7.35. The average molecular weight is 340 g/mol. The van der Waals surface area contributed by atoms with Gasteiger partial charge in [0.1, 0.15) is 6.61 Å². The molecule has 0 aliphatic rings. The van der Waals surface area contributed by atoms with Crippen LogP contribution in [0, 0.1) is 10.1 Å². The average Bonchev–Trinajstić information content (AvgIpc) is 2.65. The number of nitrogens with zero attached hydrogens (tertiary/aromatic N) is 2. The maximum atomic E-state index is 11.7. The number of carbonyl (C=O) groups excluding carboxylic acids is 1. The molecule has 2 rings (SSSR count). The summed E-state index contributed by atoms with van der Waals surface area (Å²) in [5, 5.41) is 14.4. The molecule has 0 spiro atoms. The molecular formula is C18H16N2O5. The minimum Gasteiger partial charge on any atom is -0.464 e. The van der Waals surface area contributed by atoms with Crippen LogP contribution in [0.3, 0.4) is 0 Å². The third-order valence-electron chi connectivity index (χ3n) is 3.17. The molecule has 0 N–H and O–H groups in total. The molecule has 2 aromatic rings. The number of oxime groups is 1. The van der Waals surface area contributed by atoms with Gasteiger partial charge in [-0.25, -0.2) is 4.79 Å². The molecule has 0 bridgehead atoms. The number of esters is 1. The number of ether oxygens (including phenoxy) is 1. The van der Waals surface area contributed by atoms with Crippen molar-refractivity contribution >= 4 is 23.4 Å². The summed E-state index contributed by atoms with van der Waals surface area (Å²) in [6.07, 6.45) is 3.02. The lowest BCUT2D eigenvalue weighted by atomic mass is 10.2. The van der Waals surface area contributed by atoms with Crippen LogP contribution in [0.2, 0.25) is 0 Å². The van der Waals surface area contributed by atoms with Crippen LogP contribution in [0.25, 0.3) is 6.08 Å². The predicted molar refractivity (Wildman–Crippen MR) is 92.8 cm³/mol. The maximum absolute atomic E-state index is 11.7. The number of hydrogen-bond acceptors (Lipinski definition) is 6. The van der Waals surface area contributed by atoms with E-state index in [1.807, 2.05) is 30.3 Å². The fourth-order valence-corrected chi connectivity index (χ4v) is 1.87. The normalized spacial score (nSPS) is 11.3. The molecule has 25 heavy (non-hydrogen) atoms. The summed E-state index contributed by atoms with van der Waals surface area (Å²) in [6, 6.07) is 15.3. The summed E-state index contributed by atoms with van der Waals surface area (Å²) in [7, 11) is 1.24. The monoisotopic (exact) mass is 340 g/mol. The molecule has 0 aliphatic heterocycles. The number of hydrogen-bond donors (Lipinski definition) is 0. The molecule has 7 nitrogen and oxygen atoms in total. The minimum atomic E-state index is -0.647. The van der Waals surface area contributed by atoms with E-state index in [2.05, 4.69) is 9.89 Å². The summed E-state index contributed by atoms with van der Waals surface area (Å²) in [5.41, 5.74) is 1.56. The van der Waals surface area contributed by atoms with E-state index in [4.69, 9.17) is 4.84 Å². The first-order valence-corrected chi connectivity index (χ1v) is 7.35. The van der Waals surface area contributed by atoms with Crippen molar-refractivity contribution < 1.29 is 19.3 Å². The molecule has 0 heterocycles. The lowest BCUT2D eigenvalue weighted by Gasteiger charge is -2.02. The molecule has 0 aliphatic carbocycles. The number of nitro groups is 1. The molecule has 0 unspecified atom stereocenters. The second-order valence-corrected chi connectivity index (χ2v) is 4.91. The van der Waals surface area contributed by atoms with Crippen molar-refractivity contribution in [3.8, 4) is 0 Å². The first kappa shape index (κ1) is 17.9. The quantitative estimate of drug-likeness (QED) is 0.334. The topological polar surface area (TPSA) is 91.0 Å². The highest BCUT2D eigenvalue weighted by atomic mass is 16.6. The van der Waals surface area contributed by atoms with Crippen molar-refractivity contribution in [2.45, 2.75) is 6.61 Å². The molecule has 0 aromatic heterocycles. The smallest absolute Gasteiger partial charge is 0.360 e. The fourth-order valence-electron chi connectivity index (χ4n) is 1.87. The van der Waals surface area contributed by atoms with Gasteiger partial charge >= 0.3 is 5.97 Å². The Hall–Kier alpha value is -3.48. The Labute approximate surface area is 144 Å². The zero-order valence-corrected chi connectivity index (χ0v) is 13.5. The Bertz CT molecular complexity index is 783. The van der Waals surface area contributed by atoms with Crippen LogP contribution in [-0.4, -0.2) is 23.7 Å². The number of carbonyl (C=O) groups is 1. The van der Waals surface area contributed by atoms with E-state index in [1.165, 1.54) is 25.3 Å². The zero-order chi connectivity index (χ0) is 18.1. The SMILES string of the molecule is COC(=O)C(/C=C/c1ccc([N+](=O)[O-])cc1)=N\OCc1ccccc1. The van der Waals surface area contributed by atoms with Crippen molar-refractivity contribution in [2.24, 2.45) is 5.16 Å². The molecule has 0 fully saturated rings. The van der Waals surface area contributed by atoms with Gasteiger partial charge in [0.15, 0.2) is 5.71 Å². The Morgan fingerprint density at radius 3 is 2.44 bits per heavy atom. The van der Waals surface area contributed by atoms with Crippen molar-refractivity contribution in [2.75, 3.05) is 7.11 Å². The highest BCUT2D eigenvalue weighted by Gasteiger charge is 2.09. The van der Waals surface area contributed by atoms with Gasteiger partial charge in [-0.3, -0.25) is 10.1 Å². The molecular weight excluding hydrogens is 324 g/mol. The fraction of sp³-hybridized carbons (Fsp3) is 0.111. The highest BCUT2D eigenvalue weighted by molar-refractivity contribution is 6.41. The van der Waals surface area contributed by atoms with Crippen molar-refractivity contribution in [1.29, 1.82) is 0 Å². The minimum absolute atomic E-state index is 0.00907. The van der Waals surface area contributed by atoms with Gasteiger partial charge in [-0.05, 0) is 29.3 Å². The molecule has 0 atom stereocenters. The predicted octanol–water partition coefficient (Wildman–Crippen LogP) is 3.35. The highest BCUT2D eigenvalue weighted by Crippen LogP contribution is 2.13. The van der Waals surface area contributed by atoms with Gasteiger partial charge in [0, 0.05) is 12.1 Å². The third-order valence-corrected chi connectivity index (χ3v) is 3.17. The molecule has 0 saturated carbocycles. The summed E-state index contributed by atoms with van der Waals surface area (Å²) >= 11 is 0. The third kappa shape index (κ3) is 5.58. The van der Waals surface area contributed by atoms with Gasteiger partial charge in [-0.1, -0.05) is 41.6 Å². The Morgan fingerprint density at radius 2 is 1.84 bits per heavy atom. The number of benzene rings is 2. The van der Waals surface area contributed by atoms with E-state index < -0.39 is 10.9 Å². The number of non-ortho nitro benzene ring substituents is 1. The summed E-state index contributed by atoms with van der Waals surface area (Å²) in [4.78, 5) is 27.1. The lowest BCUT2D eigenvalue weighted by molar-refractivity contribution is -0.384. The lowest BCUT2D eigenvalue weighted by Crippen LogP contribution is -2.13. The van der Waals surface area contributed by atoms with Crippen LogP contribution >= 0.6 is 0 Å². The van der Waals surface area contributed by atoms with Crippen LogP contribution in [0.4, 0.5) is 5.69 Å². The number of nitro benzene ring substituents is 1. The van der Waals surface area contributed by atoms with Gasteiger partial charge in [0.05, 0.1) is 12.0 Å². The van der Waals surface area contributed by atoms with Crippen LogP contribution < -0.4 is 0 Å². The second-order valence-electron chi connectivity index (χ2n) is 4.91. The zero-order valence-electron chi connectivity index (χ0n) is 13.5. The van der Waals surface area contributed by atoms with Crippen molar-refractivity contribution in [3.63, 3.8) is 0 Å².